The molecule has 0 fully saturated rings. The Hall–Kier alpha value is -1.43. The Morgan fingerprint density at radius 2 is 2.05 bits per heavy atom. The van der Waals surface area contributed by atoms with Crippen molar-refractivity contribution in [3.63, 3.8) is 0 Å². The molecule has 1 aromatic rings. The minimum Gasteiger partial charge on any atom is -0.480 e. The first-order valence-corrected chi connectivity index (χ1v) is 7.64. The van der Waals surface area contributed by atoms with Gasteiger partial charge in [-0.15, -0.1) is 11.3 Å². The summed E-state index contributed by atoms with van der Waals surface area (Å²) in [6.45, 7) is 8.13. The highest BCUT2D eigenvalue weighted by Gasteiger charge is 2.23. The van der Waals surface area contributed by atoms with Crippen molar-refractivity contribution >= 4 is 23.2 Å². The van der Waals surface area contributed by atoms with Crippen LogP contribution in [0.5, 0.6) is 0 Å². The minimum atomic E-state index is -0.988. The summed E-state index contributed by atoms with van der Waals surface area (Å²) in [6.07, 6.45) is 1.47. The highest BCUT2D eigenvalue weighted by atomic mass is 32.1. The first kappa shape index (κ1) is 16.6. The molecule has 0 atom stereocenters. The summed E-state index contributed by atoms with van der Waals surface area (Å²) in [6, 6.07) is 0. The smallest absolute Gasteiger partial charge is 0.323 e. The molecule has 5 nitrogen and oxygen atoms in total. The number of amides is 1. The van der Waals surface area contributed by atoms with Crippen LogP contribution in [0, 0.1) is 12.8 Å². The standard InChI is InChI=1S/C14H22N2O3S/c1-5-6-16(8-12(17)18)14(19)13-11(7-9(2)3)15-10(4)20-13/h9H,5-8H2,1-4H3,(H,17,18). The summed E-state index contributed by atoms with van der Waals surface area (Å²) >= 11 is 1.35. The number of aliphatic carboxylic acids is 1. The fraction of sp³-hybridized carbons (Fsp3) is 0.643. The lowest BCUT2D eigenvalue weighted by atomic mass is 10.1. The maximum atomic E-state index is 12.5. The molecule has 0 bridgehead atoms. The quantitative estimate of drug-likeness (QED) is 0.840. The molecular weight excluding hydrogens is 276 g/mol. The fourth-order valence-corrected chi connectivity index (χ4v) is 2.91. The van der Waals surface area contributed by atoms with Gasteiger partial charge in [0.05, 0.1) is 10.7 Å². The summed E-state index contributed by atoms with van der Waals surface area (Å²) in [5.74, 6) is -0.795. The van der Waals surface area contributed by atoms with Crippen molar-refractivity contribution in [3.05, 3.63) is 15.6 Å². The molecule has 0 aliphatic rings. The number of carboxylic acids is 1. The monoisotopic (exact) mass is 298 g/mol. The predicted molar refractivity (Wildman–Crippen MR) is 79.2 cm³/mol. The van der Waals surface area contributed by atoms with Crippen molar-refractivity contribution in [1.29, 1.82) is 0 Å². The lowest BCUT2D eigenvalue weighted by molar-refractivity contribution is -0.137. The average molecular weight is 298 g/mol. The van der Waals surface area contributed by atoms with Crippen molar-refractivity contribution in [2.24, 2.45) is 5.92 Å². The first-order chi connectivity index (χ1) is 9.35. The predicted octanol–water partition coefficient (Wildman–Crippen LogP) is 2.59. The number of hydrogen-bond donors (Lipinski definition) is 1. The van der Waals surface area contributed by atoms with Crippen molar-refractivity contribution in [3.8, 4) is 0 Å². The minimum absolute atomic E-state index is 0.212. The Kier molecular flexibility index (Phi) is 6.13. The first-order valence-electron chi connectivity index (χ1n) is 6.82. The highest BCUT2D eigenvalue weighted by Crippen LogP contribution is 2.22. The van der Waals surface area contributed by atoms with Gasteiger partial charge < -0.3 is 10.0 Å². The Morgan fingerprint density at radius 1 is 1.40 bits per heavy atom. The lowest BCUT2D eigenvalue weighted by Crippen LogP contribution is -2.36. The van der Waals surface area contributed by atoms with Crippen LogP contribution in [0.25, 0.3) is 0 Å². The molecule has 0 radical (unpaired) electrons. The molecule has 1 aromatic heterocycles. The number of nitrogens with zero attached hydrogens (tertiary/aromatic N) is 2. The largest absolute Gasteiger partial charge is 0.480 e. The van der Waals surface area contributed by atoms with Gasteiger partial charge in [0.1, 0.15) is 11.4 Å². The molecule has 0 saturated heterocycles. The van der Waals surface area contributed by atoms with E-state index in [0.717, 1.165) is 23.5 Å². The molecule has 6 heteroatoms. The Balaban J connectivity index is 3.01. The second kappa shape index (κ2) is 7.38. The van der Waals surface area contributed by atoms with Crippen LogP contribution in [0.1, 0.15) is 47.6 Å². The van der Waals surface area contributed by atoms with Crippen LogP contribution >= 0.6 is 11.3 Å². The zero-order valence-electron chi connectivity index (χ0n) is 12.5. The zero-order valence-corrected chi connectivity index (χ0v) is 13.3. The van der Waals surface area contributed by atoms with Gasteiger partial charge in [-0.25, -0.2) is 4.98 Å². The van der Waals surface area contributed by atoms with E-state index in [4.69, 9.17) is 5.11 Å². The van der Waals surface area contributed by atoms with Crippen LogP contribution in [0.4, 0.5) is 0 Å². The topological polar surface area (TPSA) is 70.5 Å². The fourth-order valence-electron chi connectivity index (χ4n) is 1.99. The third-order valence-corrected chi connectivity index (χ3v) is 3.71. The third-order valence-electron chi connectivity index (χ3n) is 2.71. The lowest BCUT2D eigenvalue weighted by Gasteiger charge is -2.19. The normalized spacial score (nSPS) is 10.8. The highest BCUT2D eigenvalue weighted by molar-refractivity contribution is 7.13. The summed E-state index contributed by atoms with van der Waals surface area (Å²) in [7, 11) is 0. The average Bonchev–Trinajstić information content (AvgIpc) is 2.67. The number of aryl methyl sites for hydroxylation is 1. The molecule has 112 valence electrons. The van der Waals surface area contributed by atoms with Crippen molar-refractivity contribution in [2.45, 2.75) is 40.5 Å². The van der Waals surface area contributed by atoms with Gasteiger partial charge in [-0.05, 0) is 25.7 Å². The number of carboxylic acid groups (broad SMARTS) is 1. The van der Waals surface area contributed by atoms with E-state index in [0.29, 0.717) is 17.3 Å². The van der Waals surface area contributed by atoms with Crippen LogP contribution in [0.15, 0.2) is 0 Å². The van der Waals surface area contributed by atoms with Crippen LogP contribution in [0.3, 0.4) is 0 Å². The summed E-state index contributed by atoms with van der Waals surface area (Å²) in [4.78, 5) is 29.8. The van der Waals surface area contributed by atoms with Gasteiger partial charge in [-0.1, -0.05) is 20.8 Å². The number of hydrogen-bond acceptors (Lipinski definition) is 4. The molecular formula is C14H22N2O3S. The Morgan fingerprint density at radius 3 is 2.55 bits per heavy atom. The SMILES string of the molecule is CCCN(CC(=O)O)C(=O)c1sc(C)nc1CC(C)C. The number of rotatable bonds is 7. The van der Waals surface area contributed by atoms with E-state index in [9.17, 15) is 9.59 Å². The van der Waals surface area contributed by atoms with Gasteiger partial charge in [-0.2, -0.15) is 0 Å². The second-order valence-electron chi connectivity index (χ2n) is 5.23. The van der Waals surface area contributed by atoms with E-state index in [1.54, 1.807) is 0 Å². The molecule has 1 amide bonds. The molecule has 0 unspecified atom stereocenters. The Labute approximate surface area is 123 Å². The molecule has 0 spiro atoms. The van der Waals surface area contributed by atoms with Gasteiger partial charge in [0.15, 0.2) is 0 Å². The van der Waals surface area contributed by atoms with Gasteiger partial charge in [0, 0.05) is 6.54 Å². The number of thiazole rings is 1. The number of carbonyl (C=O) groups excluding carboxylic acids is 1. The van der Waals surface area contributed by atoms with Crippen LogP contribution < -0.4 is 0 Å². The molecule has 1 rings (SSSR count). The van der Waals surface area contributed by atoms with Crippen molar-refractivity contribution in [1.82, 2.24) is 9.88 Å². The van der Waals surface area contributed by atoms with Crippen molar-refractivity contribution < 1.29 is 14.7 Å². The maximum Gasteiger partial charge on any atom is 0.323 e. The molecule has 20 heavy (non-hydrogen) atoms. The molecule has 0 aliphatic heterocycles. The number of carbonyl (C=O) groups is 2. The molecule has 0 aromatic carbocycles. The van der Waals surface area contributed by atoms with E-state index in [2.05, 4.69) is 18.8 Å². The van der Waals surface area contributed by atoms with E-state index in [1.807, 2.05) is 13.8 Å². The second-order valence-corrected chi connectivity index (χ2v) is 6.43. The van der Waals surface area contributed by atoms with Crippen LogP contribution in [-0.4, -0.2) is 40.0 Å². The van der Waals surface area contributed by atoms with Gasteiger partial charge >= 0.3 is 5.97 Å². The van der Waals surface area contributed by atoms with Crippen LogP contribution in [-0.2, 0) is 11.2 Å². The summed E-state index contributed by atoms with van der Waals surface area (Å²) in [5, 5.41) is 9.76. The molecule has 1 N–H and O–H groups in total. The zero-order chi connectivity index (χ0) is 15.3. The van der Waals surface area contributed by atoms with E-state index in [1.165, 1.54) is 16.2 Å². The summed E-state index contributed by atoms with van der Waals surface area (Å²) < 4.78 is 0. The van der Waals surface area contributed by atoms with Gasteiger partial charge in [0.25, 0.3) is 5.91 Å². The van der Waals surface area contributed by atoms with Gasteiger partial charge in [0.2, 0.25) is 0 Å². The number of aromatic nitrogens is 1. The molecule has 0 saturated carbocycles. The summed E-state index contributed by atoms with van der Waals surface area (Å²) in [5.41, 5.74) is 0.791. The third kappa shape index (κ3) is 4.59. The van der Waals surface area contributed by atoms with Crippen LogP contribution in [0.2, 0.25) is 0 Å². The van der Waals surface area contributed by atoms with Crippen molar-refractivity contribution in [2.75, 3.05) is 13.1 Å². The maximum absolute atomic E-state index is 12.5. The van der Waals surface area contributed by atoms with E-state index in [-0.39, 0.29) is 12.5 Å². The molecule has 0 aliphatic carbocycles. The Bertz CT molecular complexity index is 483. The van der Waals surface area contributed by atoms with E-state index >= 15 is 0 Å². The van der Waals surface area contributed by atoms with Gasteiger partial charge in [-0.3, -0.25) is 9.59 Å². The van der Waals surface area contributed by atoms with E-state index < -0.39 is 5.97 Å². The molecule has 1 heterocycles.